The van der Waals surface area contributed by atoms with Crippen molar-refractivity contribution in [1.29, 1.82) is 0 Å². The smallest absolute Gasteiger partial charge is 0.270 e. The molecule has 128 valence electrons. The molecule has 2 aromatic rings. The maximum atomic E-state index is 12.6. The highest BCUT2D eigenvalue weighted by Crippen LogP contribution is 2.17. The van der Waals surface area contributed by atoms with Crippen molar-refractivity contribution in [2.24, 2.45) is 0 Å². The Hall–Kier alpha value is -2.21. The van der Waals surface area contributed by atoms with Crippen LogP contribution in [-0.2, 0) is 4.74 Å². The summed E-state index contributed by atoms with van der Waals surface area (Å²) in [4.78, 5) is 31.1. The number of carbonyl (C=O) groups excluding carboxylic acids is 1. The van der Waals surface area contributed by atoms with Gasteiger partial charge in [-0.3, -0.25) is 14.0 Å². The zero-order valence-corrected chi connectivity index (χ0v) is 14.2. The van der Waals surface area contributed by atoms with Crippen LogP contribution in [0.25, 0.3) is 5.65 Å². The molecule has 6 nitrogen and oxygen atoms in total. The molecule has 0 radical (unpaired) electrons. The van der Waals surface area contributed by atoms with E-state index in [1.165, 1.54) is 10.6 Å². The Kier molecular flexibility index (Phi) is 4.94. The van der Waals surface area contributed by atoms with Gasteiger partial charge >= 0.3 is 0 Å². The van der Waals surface area contributed by atoms with E-state index < -0.39 is 0 Å². The van der Waals surface area contributed by atoms with Crippen molar-refractivity contribution in [3.63, 3.8) is 0 Å². The van der Waals surface area contributed by atoms with Gasteiger partial charge in [0, 0.05) is 32.1 Å². The molecule has 1 fully saturated rings. The van der Waals surface area contributed by atoms with Gasteiger partial charge in [0.15, 0.2) is 0 Å². The van der Waals surface area contributed by atoms with E-state index in [9.17, 15) is 9.59 Å². The van der Waals surface area contributed by atoms with Gasteiger partial charge in [-0.05, 0) is 44.7 Å². The van der Waals surface area contributed by atoms with Crippen molar-refractivity contribution >= 4 is 11.6 Å². The first-order valence-electron chi connectivity index (χ1n) is 8.42. The fraction of sp³-hybridized carbons (Fsp3) is 0.500. The van der Waals surface area contributed by atoms with Crippen LogP contribution in [0.3, 0.4) is 0 Å². The van der Waals surface area contributed by atoms with Crippen LogP contribution in [0.15, 0.2) is 29.2 Å². The van der Waals surface area contributed by atoms with Gasteiger partial charge in [-0.1, -0.05) is 6.07 Å². The van der Waals surface area contributed by atoms with Gasteiger partial charge in [-0.25, -0.2) is 4.98 Å². The molecule has 1 aliphatic rings. The van der Waals surface area contributed by atoms with E-state index in [-0.39, 0.29) is 17.0 Å². The Labute approximate surface area is 141 Å². The Morgan fingerprint density at radius 3 is 3.04 bits per heavy atom. The summed E-state index contributed by atoms with van der Waals surface area (Å²) in [6, 6.07) is 5.43. The summed E-state index contributed by atoms with van der Waals surface area (Å²) in [7, 11) is 1.73. The number of aryl methyl sites for hydroxylation is 1. The van der Waals surface area contributed by atoms with Crippen LogP contribution >= 0.6 is 0 Å². The third-order valence-electron chi connectivity index (χ3n) is 4.54. The van der Waals surface area contributed by atoms with Gasteiger partial charge in [0.1, 0.15) is 11.2 Å². The minimum atomic E-state index is -0.311. The van der Waals surface area contributed by atoms with Crippen LogP contribution in [0.4, 0.5) is 0 Å². The molecule has 0 bridgehead atoms. The first kappa shape index (κ1) is 16.6. The molecular formula is C18H23N3O3. The van der Waals surface area contributed by atoms with Crippen molar-refractivity contribution in [1.82, 2.24) is 14.3 Å². The molecule has 0 N–H and O–H groups in total. The van der Waals surface area contributed by atoms with Crippen LogP contribution in [0.5, 0.6) is 0 Å². The quantitative estimate of drug-likeness (QED) is 0.842. The molecule has 1 saturated heterocycles. The SMILES string of the molecule is Cc1cccc2ncc(C(=O)N(C)CCCC3CCCO3)c(=O)n12. The number of pyridine rings is 1. The molecule has 0 spiro atoms. The third kappa shape index (κ3) is 3.33. The summed E-state index contributed by atoms with van der Waals surface area (Å²) in [5.74, 6) is -0.280. The summed E-state index contributed by atoms with van der Waals surface area (Å²) < 4.78 is 7.07. The summed E-state index contributed by atoms with van der Waals surface area (Å²) in [6.45, 7) is 3.28. The Balaban J connectivity index is 1.72. The summed E-state index contributed by atoms with van der Waals surface area (Å²) >= 11 is 0. The summed E-state index contributed by atoms with van der Waals surface area (Å²) in [5, 5.41) is 0. The predicted molar refractivity (Wildman–Crippen MR) is 91.4 cm³/mol. The number of ether oxygens (including phenoxy) is 1. The van der Waals surface area contributed by atoms with E-state index in [2.05, 4.69) is 4.98 Å². The fourth-order valence-corrected chi connectivity index (χ4v) is 3.16. The monoisotopic (exact) mass is 329 g/mol. The zero-order chi connectivity index (χ0) is 17.1. The van der Waals surface area contributed by atoms with Crippen molar-refractivity contribution < 1.29 is 9.53 Å². The van der Waals surface area contributed by atoms with Crippen LogP contribution in [0.1, 0.15) is 41.7 Å². The Morgan fingerprint density at radius 2 is 2.29 bits per heavy atom. The maximum absolute atomic E-state index is 12.6. The summed E-state index contributed by atoms with van der Waals surface area (Å²) in [5.41, 5.74) is 1.12. The minimum Gasteiger partial charge on any atom is -0.378 e. The van der Waals surface area contributed by atoms with E-state index in [4.69, 9.17) is 4.74 Å². The number of rotatable bonds is 5. The topological polar surface area (TPSA) is 63.9 Å². The second-order valence-corrected chi connectivity index (χ2v) is 6.34. The predicted octanol–water partition coefficient (Wildman–Crippen LogP) is 2.03. The highest BCUT2D eigenvalue weighted by Gasteiger charge is 2.19. The van der Waals surface area contributed by atoms with Gasteiger partial charge < -0.3 is 9.64 Å². The second kappa shape index (κ2) is 7.13. The molecule has 3 rings (SSSR count). The van der Waals surface area contributed by atoms with E-state index in [0.29, 0.717) is 18.3 Å². The molecule has 1 aliphatic heterocycles. The van der Waals surface area contributed by atoms with Crippen LogP contribution < -0.4 is 5.56 Å². The largest absolute Gasteiger partial charge is 0.378 e. The van der Waals surface area contributed by atoms with Gasteiger partial charge in [-0.2, -0.15) is 0 Å². The Bertz CT molecular complexity index is 794. The van der Waals surface area contributed by atoms with E-state index >= 15 is 0 Å². The van der Waals surface area contributed by atoms with Gasteiger partial charge in [0.25, 0.3) is 11.5 Å². The molecule has 1 atom stereocenters. The average Bonchev–Trinajstić information content (AvgIpc) is 3.08. The lowest BCUT2D eigenvalue weighted by molar-refractivity contribution is 0.0761. The molecule has 1 amide bonds. The van der Waals surface area contributed by atoms with Gasteiger partial charge in [-0.15, -0.1) is 0 Å². The second-order valence-electron chi connectivity index (χ2n) is 6.34. The molecule has 2 aromatic heterocycles. The lowest BCUT2D eigenvalue weighted by Gasteiger charge is -2.18. The van der Waals surface area contributed by atoms with E-state index in [1.807, 2.05) is 19.1 Å². The Morgan fingerprint density at radius 1 is 1.46 bits per heavy atom. The normalized spacial score (nSPS) is 17.3. The average molecular weight is 329 g/mol. The standard InChI is InChI=1S/C18H23N3O3/c1-13-6-3-9-16-19-12-15(18(23)21(13)16)17(22)20(2)10-4-7-14-8-5-11-24-14/h3,6,9,12,14H,4-5,7-8,10-11H2,1-2H3. The molecule has 0 aliphatic carbocycles. The zero-order valence-electron chi connectivity index (χ0n) is 14.2. The van der Waals surface area contributed by atoms with Crippen molar-refractivity contribution in [3.8, 4) is 0 Å². The molecule has 6 heteroatoms. The first-order valence-corrected chi connectivity index (χ1v) is 8.42. The molecular weight excluding hydrogens is 306 g/mol. The van der Waals surface area contributed by atoms with Crippen molar-refractivity contribution in [2.45, 2.75) is 38.7 Å². The third-order valence-corrected chi connectivity index (χ3v) is 4.54. The number of aromatic nitrogens is 2. The molecule has 0 aromatic carbocycles. The lowest BCUT2D eigenvalue weighted by atomic mass is 10.1. The van der Waals surface area contributed by atoms with Crippen molar-refractivity contribution in [2.75, 3.05) is 20.2 Å². The number of hydrogen-bond acceptors (Lipinski definition) is 4. The van der Waals surface area contributed by atoms with Crippen LogP contribution in [-0.4, -0.2) is 46.5 Å². The maximum Gasteiger partial charge on any atom is 0.270 e. The van der Waals surface area contributed by atoms with Crippen LogP contribution in [0.2, 0.25) is 0 Å². The summed E-state index contributed by atoms with van der Waals surface area (Å²) in [6.07, 6.45) is 5.75. The number of hydrogen-bond donors (Lipinski definition) is 0. The van der Waals surface area contributed by atoms with Gasteiger partial charge in [0.2, 0.25) is 0 Å². The number of fused-ring (bicyclic) bond motifs is 1. The van der Waals surface area contributed by atoms with E-state index in [0.717, 1.165) is 38.0 Å². The van der Waals surface area contributed by atoms with Crippen LogP contribution in [0, 0.1) is 6.92 Å². The highest BCUT2D eigenvalue weighted by molar-refractivity contribution is 5.93. The first-order chi connectivity index (χ1) is 11.6. The number of nitrogens with zero attached hydrogens (tertiary/aromatic N) is 3. The van der Waals surface area contributed by atoms with E-state index in [1.54, 1.807) is 18.0 Å². The van der Waals surface area contributed by atoms with Crippen molar-refractivity contribution in [3.05, 3.63) is 46.0 Å². The fourth-order valence-electron chi connectivity index (χ4n) is 3.16. The number of amides is 1. The van der Waals surface area contributed by atoms with Gasteiger partial charge in [0.05, 0.1) is 6.10 Å². The molecule has 3 heterocycles. The molecule has 0 saturated carbocycles. The number of carbonyl (C=O) groups is 1. The highest BCUT2D eigenvalue weighted by atomic mass is 16.5. The lowest BCUT2D eigenvalue weighted by Crippen LogP contribution is -2.34. The minimum absolute atomic E-state index is 0.112. The molecule has 1 unspecified atom stereocenters. The molecule has 24 heavy (non-hydrogen) atoms.